The molecule has 21 heavy (non-hydrogen) atoms. The van der Waals surface area contributed by atoms with E-state index in [2.05, 4.69) is 21.2 Å². The van der Waals surface area contributed by atoms with Gasteiger partial charge in [0.2, 0.25) is 10.0 Å². The van der Waals surface area contributed by atoms with E-state index in [1.165, 1.54) is 12.1 Å². The molecular weight excluding hydrogens is 360 g/mol. The predicted octanol–water partition coefficient (Wildman–Crippen LogP) is 1.40. The largest absolute Gasteiger partial charge is 0.373 e. The molecule has 1 aromatic carbocycles. The zero-order valence-electron chi connectivity index (χ0n) is 11.6. The Morgan fingerprint density at radius 2 is 2.19 bits per heavy atom. The van der Waals surface area contributed by atoms with E-state index in [1.54, 1.807) is 6.07 Å². The highest BCUT2D eigenvalue weighted by molar-refractivity contribution is 9.10. The molecule has 1 atom stereocenters. The van der Waals surface area contributed by atoms with Crippen molar-refractivity contribution in [2.45, 2.75) is 30.3 Å². The third-order valence-corrected chi connectivity index (χ3v) is 4.74. The van der Waals surface area contributed by atoms with Gasteiger partial charge >= 0.3 is 0 Å². The molecule has 2 rings (SSSR count). The van der Waals surface area contributed by atoms with Gasteiger partial charge in [0.15, 0.2) is 0 Å². The number of halogens is 1. The average molecular weight is 377 g/mol. The van der Waals surface area contributed by atoms with Gasteiger partial charge in [-0.05, 0) is 38.0 Å². The molecule has 0 aliphatic carbocycles. The Bertz CT molecular complexity index is 654. The standard InChI is InChI=1S/C13H17BrN2O4S/c1-13(3-2-4-20-13)8-16-12(17)9-5-10(14)7-11(6-9)21(15,18)19/h5-7H,2-4,8H2,1H3,(H,16,17)(H2,15,18,19). The summed E-state index contributed by atoms with van der Waals surface area (Å²) in [5.41, 5.74) is -0.125. The van der Waals surface area contributed by atoms with Gasteiger partial charge in [-0.2, -0.15) is 0 Å². The molecule has 0 spiro atoms. The second-order valence-corrected chi connectivity index (χ2v) is 7.78. The van der Waals surface area contributed by atoms with E-state index in [1.807, 2.05) is 6.92 Å². The van der Waals surface area contributed by atoms with Crippen LogP contribution in [0.3, 0.4) is 0 Å². The van der Waals surface area contributed by atoms with Crippen LogP contribution in [0.4, 0.5) is 0 Å². The molecule has 3 N–H and O–H groups in total. The highest BCUT2D eigenvalue weighted by atomic mass is 79.9. The summed E-state index contributed by atoms with van der Waals surface area (Å²) in [4.78, 5) is 12.0. The summed E-state index contributed by atoms with van der Waals surface area (Å²) in [6, 6.07) is 4.16. The van der Waals surface area contributed by atoms with E-state index in [0.29, 0.717) is 17.6 Å². The minimum Gasteiger partial charge on any atom is -0.373 e. The maximum absolute atomic E-state index is 12.2. The van der Waals surface area contributed by atoms with Gasteiger partial charge < -0.3 is 10.1 Å². The summed E-state index contributed by atoms with van der Waals surface area (Å²) in [6.45, 7) is 3.01. The van der Waals surface area contributed by atoms with Crippen LogP contribution in [0.5, 0.6) is 0 Å². The van der Waals surface area contributed by atoms with Gasteiger partial charge in [0, 0.05) is 23.2 Å². The Kier molecular flexibility index (Phi) is 4.72. The van der Waals surface area contributed by atoms with Crippen molar-refractivity contribution in [2.75, 3.05) is 13.2 Å². The Hall–Kier alpha value is -0.960. The van der Waals surface area contributed by atoms with Crippen molar-refractivity contribution in [3.8, 4) is 0 Å². The molecule has 0 aromatic heterocycles. The van der Waals surface area contributed by atoms with E-state index in [0.717, 1.165) is 12.8 Å². The lowest BCUT2D eigenvalue weighted by atomic mass is 10.0. The van der Waals surface area contributed by atoms with Crippen molar-refractivity contribution in [2.24, 2.45) is 5.14 Å². The maximum Gasteiger partial charge on any atom is 0.251 e. The van der Waals surface area contributed by atoms with Gasteiger partial charge in [-0.25, -0.2) is 13.6 Å². The number of benzene rings is 1. The Balaban J connectivity index is 2.14. The number of primary sulfonamides is 1. The third-order valence-electron chi connectivity index (χ3n) is 3.39. The molecule has 1 fully saturated rings. The average Bonchev–Trinajstić information content (AvgIpc) is 2.82. The number of carbonyl (C=O) groups excluding carboxylic acids is 1. The number of amides is 1. The first-order chi connectivity index (χ1) is 9.70. The zero-order chi connectivity index (χ0) is 15.7. The van der Waals surface area contributed by atoms with Gasteiger partial charge in [-0.3, -0.25) is 4.79 Å². The van der Waals surface area contributed by atoms with Crippen molar-refractivity contribution >= 4 is 31.9 Å². The molecule has 1 saturated heterocycles. The number of rotatable bonds is 4. The maximum atomic E-state index is 12.2. The quantitative estimate of drug-likeness (QED) is 0.829. The van der Waals surface area contributed by atoms with Gasteiger partial charge in [-0.15, -0.1) is 0 Å². The Morgan fingerprint density at radius 3 is 2.76 bits per heavy atom. The molecule has 1 aromatic rings. The number of ether oxygens (including phenoxy) is 1. The zero-order valence-corrected chi connectivity index (χ0v) is 14.0. The van der Waals surface area contributed by atoms with Crippen molar-refractivity contribution in [1.29, 1.82) is 0 Å². The molecule has 6 nitrogen and oxygen atoms in total. The van der Waals surface area contributed by atoms with Crippen molar-refractivity contribution in [3.63, 3.8) is 0 Å². The molecule has 1 heterocycles. The minimum atomic E-state index is -3.86. The van der Waals surface area contributed by atoms with Gasteiger partial charge in [0.25, 0.3) is 5.91 Å². The topological polar surface area (TPSA) is 98.5 Å². The molecule has 8 heteroatoms. The van der Waals surface area contributed by atoms with Gasteiger partial charge in [0.05, 0.1) is 10.5 Å². The fourth-order valence-corrected chi connectivity index (χ4v) is 3.43. The molecule has 0 radical (unpaired) electrons. The summed E-state index contributed by atoms with van der Waals surface area (Å²) in [5.74, 6) is -0.363. The number of hydrogen-bond acceptors (Lipinski definition) is 4. The second kappa shape index (κ2) is 6.04. The number of hydrogen-bond donors (Lipinski definition) is 2. The number of nitrogens with two attached hydrogens (primary N) is 1. The first-order valence-electron chi connectivity index (χ1n) is 6.45. The van der Waals surface area contributed by atoms with E-state index in [4.69, 9.17) is 9.88 Å². The molecule has 0 bridgehead atoms. The highest BCUT2D eigenvalue weighted by Gasteiger charge is 2.30. The predicted molar refractivity (Wildman–Crippen MR) is 81.4 cm³/mol. The van der Waals surface area contributed by atoms with E-state index in [-0.39, 0.29) is 22.0 Å². The van der Waals surface area contributed by atoms with E-state index >= 15 is 0 Å². The van der Waals surface area contributed by atoms with Crippen LogP contribution in [-0.2, 0) is 14.8 Å². The van der Waals surface area contributed by atoms with Crippen LogP contribution in [0.15, 0.2) is 27.6 Å². The monoisotopic (exact) mass is 376 g/mol. The van der Waals surface area contributed by atoms with Crippen LogP contribution in [-0.4, -0.2) is 33.1 Å². The van der Waals surface area contributed by atoms with Crippen LogP contribution < -0.4 is 10.5 Å². The van der Waals surface area contributed by atoms with E-state index < -0.39 is 10.0 Å². The lowest BCUT2D eigenvalue weighted by molar-refractivity contribution is 0.0206. The normalized spacial score (nSPS) is 22.2. The number of nitrogens with one attached hydrogen (secondary N) is 1. The molecular formula is C13H17BrN2O4S. The van der Waals surface area contributed by atoms with Gasteiger partial charge in [0.1, 0.15) is 0 Å². The molecule has 116 valence electrons. The van der Waals surface area contributed by atoms with Crippen molar-refractivity contribution < 1.29 is 17.9 Å². The smallest absolute Gasteiger partial charge is 0.251 e. The Morgan fingerprint density at radius 1 is 1.48 bits per heavy atom. The summed E-state index contributed by atoms with van der Waals surface area (Å²) >= 11 is 3.18. The molecule has 1 aliphatic heterocycles. The molecule has 1 amide bonds. The van der Waals surface area contributed by atoms with Gasteiger partial charge in [-0.1, -0.05) is 15.9 Å². The first kappa shape index (κ1) is 16.4. The minimum absolute atomic E-state index is 0.106. The van der Waals surface area contributed by atoms with Crippen molar-refractivity contribution in [3.05, 3.63) is 28.2 Å². The SMILES string of the molecule is CC1(CNC(=O)c2cc(Br)cc(S(N)(=O)=O)c2)CCCO1. The highest BCUT2D eigenvalue weighted by Crippen LogP contribution is 2.24. The summed E-state index contributed by atoms with van der Waals surface area (Å²) < 4.78 is 28.8. The lowest BCUT2D eigenvalue weighted by Gasteiger charge is -2.23. The fourth-order valence-electron chi connectivity index (χ4n) is 2.20. The number of sulfonamides is 1. The third kappa shape index (κ3) is 4.26. The van der Waals surface area contributed by atoms with E-state index in [9.17, 15) is 13.2 Å². The summed E-state index contributed by atoms with van der Waals surface area (Å²) in [5, 5.41) is 7.86. The van der Waals surface area contributed by atoms with Crippen LogP contribution in [0.25, 0.3) is 0 Å². The summed E-state index contributed by atoms with van der Waals surface area (Å²) in [6.07, 6.45) is 1.85. The van der Waals surface area contributed by atoms with Crippen LogP contribution in [0.2, 0.25) is 0 Å². The molecule has 1 aliphatic rings. The fraction of sp³-hybridized carbons (Fsp3) is 0.462. The van der Waals surface area contributed by atoms with Crippen molar-refractivity contribution in [1.82, 2.24) is 5.32 Å². The summed E-state index contributed by atoms with van der Waals surface area (Å²) in [7, 11) is -3.86. The second-order valence-electron chi connectivity index (χ2n) is 5.31. The van der Waals surface area contributed by atoms with Crippen LogP contribution in [0, 0.1) is 0 Å². The Labute approximate surface area is 132 Å². The number of carbonyl (C=O) groups is 1. The first-order valence-corrected chi connectivity index (χ1v) is 8.79. The van der Waals surface area contributed by atoms with Crippen LogP contribution in [0.1, 0.15) is 30.1 Å². The molecule has 1 unspecified atom stereocenters. The van der Waals surface area contributed by atoms with Crippen LogP contribution >= 0.6 is 15.9 Å². The molecule has 0 saturated carbocycles. The lowest BCUT2D eigenvalue weighted by Crippen LogP contribution is -2.40.